The quantitative estimate of drug-likeness (QED) is 0.771. The van der Waals surface area contributed by atoms with Crippen LogP contribution in [0.1, 0.15) is 26.1 Å². The molecule has 2 N–H and O–H groups in total. The highest BCUT2D eigenvalue weighted by Gasteiger charge is 2.20. The molecule has 0 aromatic carbocycles. The highest BCUT2D eigenvalue weighted by atomic mass is 32.2. The van der Waals surface area contributed by atoms with Crippen molar-refractivity contribution in [3.8, 4) is 0 Å². The van der Waals surface area contributed by atoms with Crippen molar-refractivity contribution in [2.45, 2.75) is 43.8 Å². The molecule has 7 heteroatoms. The molecular formula is C11H21N5OS. The summed E-state index contributed by atoms with van der Waals surface area (Å²) in [7, 11) is 3.50. The highest BCUT2D eigenvalue weighted by Crippen LogP contribution is 2.23. The van der Waals surface area contributed by atoms with Crippen molar-refractivity contribution >= 4 is 17.7 Å². The maximum atomic E-state index is 11.8. The minimum absolute atomic E-state index is 0.0698. The summed E-state index contributed by atoms with van der Waals surface area (Å²) in [5.41, 5.74) is 5.63. The van der Waals surface area contributed by atoms with Crippen molar-refractivity contribution in [1.82, 2.24) is 19.7 Å². The molecule has 0 fully saturated rings. The third-order valence-electron chi connectivity index (χ3n) is 2.49. The van der Waals surface area contributed by atoms with Gasteiger partial charge in [-0.25, -0.2) is 0 Å². The molecule has 0 radical (unpaired) electrons. The number of carbonyl (C=O) groups is 1. The van der Waals surface area contributed by atoms with Crippen LogP contribution in [0.3, 0.4) is 0 Å². The first-order valence-electron chi connectivity index (χ1n) is 6.01. The van der Waals surface area contributed by atoms with E-state index >= 15 is 0 Å². The Morgan fingerprint density at radius 1 is 1.50 bits per heavy atom. The number of carbonyl (C=O) groups excluding carboxylic acids is 1. The topological polar surface area (TPSA) is 77.0 Å². The predicted octanol–water partition coefficient (Wildman–Crippen LogP) is 0.716. The van der Waals surface area contributed by atoms with E-state index in [0.717, 1.165) is 23.9 Å². The van der Waals surface area contributed by atoms with Crippen LogP contribution in [0.5, 0.6) is 0 Å². The highest BCUT2D eigenvalue weighted by molar-refractivity contribution is 8.00. The first kappa shape index (κ1) is 15.0. The first-order chi connectivity index (χ1) is 8.51. The van der Waals surface area contributed by atoms with Crippen LogP contribution in [0.4, 0.5) is 0 Å². The van der Waals surface area contributed by atoms with Crippen molar-refractivity contribution in [3.05, 3.63) is 5.82 Å². The molecule has 102 valence electrons. The van der Waals surface area contributed by atoms with Crippen LogP contribution in [0.2, 0.25) is 0 Å². The smallest absolute Gasteiger partial charge is 0.235 e. The molecule has 0 saturated heterocycles. The summed E-state index contributed by atoms with van der Waals surface area (Å²) < 4.78 is 1.99. The van der Waals surface area contributed by atoms with Gasteiger partial charge < -0.3 is 15.2 Å². The van der Waals surface area contributed by atoms with Gasteiger partial charge >= 0.3 is 0 Å². The second-order valence-electron chi connectivity index (χ2n) is 4.25. The molecule has 0 aliphatic heterocycles. The summed E-state index contributed by atoms with van der Waals surface area (Å²) in [6.45, 7) is 5.15. The molecule has 1 amide bonds. The van der Waals surface area contributed by atoms with E-state index in [1.807, 2.05) is 11.5 Å². The number of hydrogen-bond acceptors (Lipinski definition) is 5. The number of thioether (sulfide) groups is 1. The summed E-state index contributed by atoms with van der Waals surface area (Å²) in [6.07, 6.45) is 0.981. The van der Waals surface area contributed by atoms with Crippen molar-refractivity contribution in [2.24, 2.45) is 5.73 Å². The summed E-state index contributed by atoms with van der Waals surface area (Å²) in [6, 6.07) is 0. The molecule has 0 aliphatic carbocycles. The molecule has 0 saturated carbocycles. The lowest BCUT2D eigenvalue weighted by Crippen LogP contribution is -2.29. The van der Waals surface area contributed by atoms with Crippen LogP contribution in [0.15, 0.2) is 5.16 Å². The second-order valence-corrected chi connectivity index (χ2v) is 5.56. The summed E-state index contributed by atoms with van der Waals surface area (Å²) >= 11 is 1.43. The van der Waals surface area contributed by atoms with Crippen molar-refractivity contribution < 1.29 is 4.79 Å². The SMILES string of the molecule is CCCn1c(CN)nnc1SC(C)C(=O)N(C)C. The maximum absolute atomic E-state index is 11.8. The molecule has 1 heterocycles. The normalized spacial score (nSPS) is 12.5. The Bertz CT molecular complexity index is 404. The third-order valence-corrected chi connectivity index (χ3v) is 3.56. The van der Waals surface area contributed by atoms with E-state index < -0.39 is 0 Å². The van der Waals surface area contributed by atoms with E-state index in [0.29, 0.717) is 6.54 Å². The Kier molecular flexibility index (Phi) is 5.61. The van der Waals surface area contributed by atoms with Gasteiger partial charge in [0.1, 0.15) is 5.82 Å². The minimum atomic E-state index is -0.176. The Hall–Kier alpha value is -1.08. The number of aromatic nitrogens is 3. The van der Waals surface area contributed by atoms with E-state index in [1.165, 1.54) is 11.8 Å². The van der Waals surface area contributed by atoms with Gasteiger partial charge in [-0.15, -0.1) is 10.2 Å². The minimum Gasteiger partial charge on any atom is -0.348 e. The van der Waals surface area contributed by atoms with Crippen LogP contribution >= 0.6 is 11.8 Å². The zero-order valence-corrected chi connectivity index (χ0v) is 12.2. The van der Waals surface area contributed by atoms with Gasteiger partial charge in [-0.3, -0.25) is 4.79 Å². The number of nitrogens with zero attached hydrogens (tertiary/aromatic N) is 4. The average molecular weight is 271 g/mol. The largest absolute Gasteiger partial charge is 0.348 e. The van der Waals surface area contributed by atoms with Crippen LogP contribution in [0.25, 0.3) is 0 Å². The molecule has 1 aromatic heterocycles. The van der Waals surface area contributed by atoms with Gasteiger partial charge in [0.15, 0.2) is 5.16 Å². The molecule has 1 aromatic rings. The number of rotatable bonds is 6. The van der Waals surface area contributed by atoms with Crippen LogP contribution in [-0.2, 0) is 17.9 Å². The molecule has 18 heavy (non-hydrogen) atoms. The van der Waals surface area contributed by atoms with Crippen molar-refractivity contribution in [2.75, 3.05) is 14.1 Å². The van der Waals surface area contributed by atoms with Crippen molar-refractivity contribution in [1.29, 1.82) is 0 Å². The van der Waals surface area contributed by atoms with Gasteiger partial charge in [-0.1, -0.05) is 18.7 Å². The van der Waals surface area contributed by atoms with Crippen LogP contribution < -0.4 is 5.73 Å². The standard InChI is InChI=1S/C11H21N5OS/c1-5-6-16-9(7-12)13-14-11(16)18-8(2)10(17)15(3)4/h8H,5-7,12H2,1-4H3. The fraction of sp³-hybridized carbons (Fsp3) is 0.727. The van der Waals surface area contributed by atoms with Gasteiger partial charge in [0.2, 0.25) is 5.91 Å². The zero-order valence-electron chi connectivity index (χ0n) is 11.4. The van der Waals surface area contributed by atoms with Crippen LogP contribution in [-0.4, -0.2) is 44.9 Å². The molecule has 0 bridgehead atoms. The number of hydrogen-bond donors (Lipinski definition) is 1. The zero-order chi connectivity index (χ0) is 13.7. The third kappa shape index (κ3) is 3.46. The van der Waals surface area contributed by atoms with Gasteiger partial charge in [0.05, 0.1) is 11.8 Å². The first-order valence-corrected chi connectivity index (χ1v) is 6.89. The van der Waals surface area contributed by atoms with E-state index in [4.69, 9.17) is 5.73 Å². The van der Waals surface area contributed by atoms with Gasteiger partial charge in [0, 0.05) is 20.6 Å². The van der Waals surface area contributed by atoms with E-state index in [9.17, 15) is 4.79 Å². The fourth-order valence-corrected chi connectivity index (χ4v) is 2.62. The van der Waals surface area contributed by atoms with E-state index in [1.54, 1.807) is 19.0 Å². The number of nitrogens with two attached hydrogens (primary N) is 1. The van der Waals surface area contributed by atoms with Gasteiger partial charge in [-0.2, -0.15) is 0 Å². The van der Waals surface area contributed by atoms with Crippen molar-refractivity contribution in [3.63, 3.8) is 0 Å². The second kappa shape index (κ2) is 6.75. The maximum Gasteiger partial charge on any atom is 0.235 e. The lowest BCUT2D eigenvalue weighted by Gasteiger charge is -2.16. The van der Waals surface area contributed by atoms with Gasteiger partial charge in [-0.05, 0) is 13.3 Å². The Labute approximate surface area is 112 Å². The van der Waals surface area contributed by atoms with Crippen LogP contribution in [0, 0.1) is 0 Å². The Morgan fingerprint density at radius 3 is 2.67 bits per heavy atom. The molecule has 1 unspecified atom stereocenters. The molecule has 1 rings (SSSR count). The lowest BCUT2D eigenvalue weighted by molar-refractivity contribution is -0.127. The average Bonchev–Trinajstić information content (AvgIpc) is 2.71. The Balaban J connectivity index is 2.83. The molecular weight excluding hydrogens is 250 g/mol. The summed E-state index contributed by atoms with van der Waals surface area (Å²) in [4.78, 5) is 13.4. The van der Waals surface area contributed by atoms with E-state index in [-0.39, 0.29) is 11.2 Å². The lowest BCUT2D eigenvalue weighted by atomic mass is 10.4. The Morgan fingerprint density at radius 2 is 2.17 bits per heavy atom. The molecule has 6 nitrogen and oxygen atoms in total. The molecule has 0 spiro atoms. The van der Waals surface area contributed by atoms with E-state index in [2.05, 4.69) is 17.1 Å². The van der Waals surface area contributed by atoms with Gasteiger partial charge in [0.25, 0.3) is 0 Å². The predicted molar refractivity (Wildman–Crippen MR) is 72.2 cm³/mol. The molecule has 1 atom stereocenters. The summed E-state index contributed by atoms with van der Waals surface area (Å²) in [5.74, 6) is 0.837. The summed E-state index contributed by atoms with van der Waals surface area (Å²) in [5, 5.41) is 8.75. The fourth-order valence-electron chi connectivity index (χ4n) is 1.58. The monoisotopic (exact) mass is 271 g/mol. The molecule has 0 aliphatic rings. The number of amides is 1.